The number of methoxy groups -OCH3 is 1. The second-order valence-corrected chi connectivity index (χ2v) is 6.16. The van der Waals surface area contributed by atoms with Crippen LogP contribution in [0.4, 0.5) is 0 Å². The molecule has 0 atom stereocenters. The van der Waals surface area contributed by atoms with Gasteiger partial charge in [-0.05, 0) is 35.9 Å². The Morgan fingerprint density at radius 1 is 1.13 bits per heavy atom. The number of aromatic nitrogens is 1. The Balaban J connectivity index is 1.67. The van der Waals surface area contributed by atoms with Crippen LogP contribution in [0.1, 0.15) is 10.6 Å². The first-order chi connectivity index (χ1) is 11.3. The Bertz CT molecular complexity index is 835. The molecule has 1 aromatic heterocycles. The smallest absolute Gasteiger partial charge is 0.203 e. The molecule has 0 saturated heterocycles. The molecule has 2 aromatic carbocycles. The van der Waals surface area contributed by atoms with E-state index in [0.717, 1.165) is 21.8 Å². The van der Waals surface area contributed by atoms with E-state index in [1.807, 2.05) is 42.5 Å². The minimum absolute atomic E-state index is 0.546. The number of thiazole rings is 1. The minimum atomic E-state index is 0.546. The molecule has 0 unspecified atom stereocenters. The van der Waals surface area contributed by atoms with Gasteiger partial charge in [0, 0.05) is 0 Å². The molecule has 4 nitrogen and oxygen atoms in total. The van der Waals surface area contributed by atoms with E-state index in [-0.39, 0.29) is 0 Å². The van der Waals surface area contributed by atoms with Gasteiger partial charge in [-0.3, -0.25) is 0 Å². The lowest BCUT2D eigenvalue weighted by Crippen LogP contribution is -2.16. The second kappa shape index (κ2) is 5.93. The predicted molar refractivity (Wildman–Crippen MR) is 92.5 cm³/mol. The van der Waals surface area contributed by atoms with Crippen LogP contribution in [0.2, 0.25) is 0 Å². The van der Waals surface area contributed by atoms with Crippen LogP contribution in [-0.2, 0) is 0 Å². The van der Waals surface area contributed by atoms with E-state index < -0.39 is 0 Å². The summed E-state index contributed by atoms with van der Waals surface area (Å²) in [5.74, 6) is 2.08. The summed E-state index contributed by atoms with van der Waals surface area (Å²) in [5, 5.41) is 0.972. The summed E-state index contributed by atoms with van der Waals surface area (Å²) in [6, 6.07) is 12.0. The van der Waals surface area contributed by atoms with Crippen LogP contribution >= 0.6 is 11.3 Å². The number of para-hydroxylation sites is 1. The molecule has 23 heavy (non-hydrogen) atoms. The van der Waals surface area contributed by atoms with Gasteiger partial charge >= 0.3 is 0 Å². The first-order valence-corrected chi connectivity index (χ1v) is 8.16. The fourth-order valence-electron chi connectivity index (χ4n) is 2.52. The molecule has 0 fully saturated rings. The second-order valence-electron chi connectivity index (χ2n) is 5.10. The quantitative estimate of drug-likeness (QED) is 0.722. The average Bonchev–Trinajstić information content (AvgIpc) is 3.02. The topological polar surface area (TPSA) is 40.6 Å². The molecule has 2 heterocycles. The highest BCUT2D eigenvalue weighted by atomic mass is 32.1. The summed E-state index contributed by atoms with van der Waals surface area (Å²) in [6.07, 6.45) is 4.02. The normalized spacial score (nSPS) is 13.6. The van der Waals surface area contributed by atoms with Crippen molar-refractivity contribution in [3.63, 3.8) is 0 Å². The Labute approximate surface area is 138 Å². The molecule has 0 bridgehead atoms. The molecule has 0 radical (unpaired) electrons. The van der Waals surface area contributed by atoms with Crippen molar-refractivity contribution in [3.8, 4) is 17.2 Å². The summed E-state index contributed by atoms with van der Waals surface area (Å²) < 4.78 is 17.9. The van der Waals surface area contributed by atoms with Gasteiger partial charge in [-0.15, -0.1) is 11.3 Å². The van der Waals surface area contributed by atoms with E-state index in [2.05, 4.69) is 11.1 Å². The molecule has 0 spiro atoms. The zero-order chi connectivity index (χ0) is 15.6. The zero-order valence-corrected chi connectivity index (χ0v) is 13.4. The molecule has 5 heteroatoms. The third-order valence-electron chi connectivity index (χ3n) is 3.58. The number of fused-ring (bicyclic) bond motifs is 2. The fraction of sp³-hybridized carbons (Fsp3) is 0.167. The number of rotatable bonds is 3. The van der Waals surface area contributed by atoms with Crippen LogP contribution in [0.25, 0.3) is 22.4 Å². The van der Waals surface area contributed by atoms with Crippen LogP contribution < -0.4 is 14.2 Å². The van der Waals surface area contributed by atoms with Crippen LogP contribution in [0, 0.1) is 0 Å². The largest absolute Gasteiger partial charge is 0.493 e. The lowest BCUT2D eigenvalue weighted by atomic mass is 10.1. The first kappa shape index (κ1) is 14.1. The van der Waals surface area contributed by atoms with Crippen molar-refractivity contribution in [2.75, 3.05) is 20.3 Å². The van der Waals surface area contributed by atoms with Gasteiger partial charge in [0.1, 0.15) is 18.2 Å². The van der Waals surface area contributed by atoms with Crippen LogP contribution in [0.3, 0.4) is 0 Å². The highest BCUT2D eigenvalue weighted by molar-refractivity contribution is 7.19. The highest BCUT2D eigenvalue weighted by Crippen LogP contribution is 2.40. The van der Waals surface area contributed by atoms with Crippen LogP contribution in [0.5, 0.6) is 17.2 Å². The Morgan fingerprint density at radius 2 is 2.00 bits per heavy atom. The molecular formula is C18H15NO3S. The maximum Gasteiger partial charge on any atom is 0.203 e. The molecule has 1 aliphatic heterocycles. The van der Waals surface area contributed by atoms with Gasteiger partial charge < -0.3 is 14.2 Å². The lowest BCUT2D eigenvalue weighted by Gasteiger charge is -2.20. The van der Waals surface area contributed by atoms with E-state index in [4.69, 9.17) is 14.2 Å². The molecule has 0 aliphatic carbocycles. The summed E-state index contributed by atoms with van der Waals surface area (Å²) in [4.78, 5) is 4.60. The van der Waals surface area contributed by atoms with Crippen LogP contribution in [0.15, 0.2) is 36.4 Å². The lowest BCUT2D eigenvalue weighted by molar-refractivity contribution is 0.165. The summed E-state index contributed by atoms with van der Waals surface area (Å²) in [6.45, 7) is 1.10. The Hall–Kier alpha value is -2.53. The number of nitrogens with zero attached hydrogens (tertiary/aromatic N) is 1. The third kappa shape index (κ3) is 2.75. The van der Waals surface area contributed by atoms with E-state index in [0.29, 0.717) is 24.7 Å². The molecular weight excluding hydrogens is 310 g/mol. The average molecular weight is 325 g/mol. The molecule has 0 saturated carbocycles. The molecule has 1 aliphatic rings. The van der Waals surface area contributed by atoms with E-state index in [9.17, 15) is 0 Å². The minimum Gasteiger partial charge on any atom is -0.493 e. The van der Waals surface area contributed by atoms with Crippen molar-refractivity contribution in [1.29, 1.82) is 0 Å². The Kier molecular flexibility index (Phi) is 3.63. The monoisotopic (exact) mass is 325 g/mol. The number of hydrogen-bond acceptors (Lipinski definition) is 5. The molecule has 4 rings (SSSR count). The van der Waals surface area contributed by atoms with Crippen molar-refractivity contribution in [2.24, 2.45) is 0 Å². The standard InChI is InChI=1S/C18H15NO3S/c1-20-14-10-12(11-15-18(14)22-9-8-21-15)6-7-17-19-13-4-2-3-5-16(13)23-17/h2-7,10-11H,8-9H2,1H3/b7-6+. The summed E-state index contributed by atoms with van der Waals surface area (Å²) >= 11 is 1.67. The molecule has 0 N–H and O–H groups in total. The third-order valence-corrected chi connectivity index (χ3v) is 4.58. The van der Waals surface area contributed by atoms with Gasteiger partial charge in [0.25, 0.3) is 0 Å². The van der Waals surface area contributed by atoms with Gasteiger partial charge in [-0.1, -0.05) is 18.2 Å². The van der Waals surface area contributed by atoms with Crippen molar-refractivity contribution >= 4 is 33.7 Å². The maximum atomic E-state index is 5.65. The van der Waals surface area contributed by atoms with Crippen molar-refractivity contribution < 1.29 is 14.2 Å². The van der Waals surface area contributed by atoms with Crippen molar-refractivity contribution in [3.05, 3.63) is 47.0 Å². The van der Waals surface area contributed by atoms with E-state index in [1.54, 1.807) is 18.4 Å². The first-order valence-electron chi connectivity index (χ1n) is 7.35. The van der Waals surface area contributed by atoms with E-state index in [1.165, 1.54) is 4.70 Å². The van der Waals surface area contributed by atoms with E-state index >= 15 is 0 Å². The number of ether oxygens (including phenoxy) is 3. The van der Waals surface area contributed by atoms with Gasteiger partial charge in [0.05, 0.1) is 17.3 Å². The van der Waals surface area contributed by atoms with Crippen LogP contribution in [-0.4, -0.2) is 25.3 Å². The molecule has 116 valence electrons. The van der Waals surface area contributed by atoms with Gasteiger partial charge in [-0.25, -0.2) is 4.98 Å². The number of hydrogen-bond donors (Lipinski definition) is 0. The number of benzene rings is 2. The molecule has 3 aromatic rings. The van der Waals surface area contributed by atoms with Crippen molar-refractivity contribution in [2.45, 2.75) is 0 Å². The SMILES string of the molecule is COc1cc(/C=C/c2nc3ccccc3s2)cc2c1OCCO2. The molecule has 0 amide bonds. The fourth-order valence-corrected chi connectivity index (χ4v) is 3.39. The van der Waals surface area contributed by atoms with Crippen molar-refractivity contribution in [1.82, 2.24) is 4.98 Å². The highest BCUT2D eigenvalue weighted by Gasteiger charge is 2.17. The summed E-state index contributed by atoms with van der Waals surface area (Å²) in [7, 11) is 1.63. The van der Waals surface area contributed by atoms with Gasteiger partial charge in [-0.2, -0.15) is 0 Å². The summed E-state index contributed by atoms with van der Waals surface area (Å²) in [5.41, 5.74) is 2.02. The predicted octanol–water partition coefficient (Wildman–Crippen LogP) is 4.25. The van der Waals surface area contributed by atoms with Gasteiger partial charge in [0.2, 0.25) is 5.75 Å². The van der Waals surface area contributed by atoms with Gasteiger partial charge in [0.15, 0.2) is 11.5 Å². The maximum absolute atomic E-state index is 5.65. The Morgan fingerprint density at radius 3 is 2.87 bits per heavy atom. The zero-order valence-electron chi connectivity index (χ0n) is 12.6.